The lowest BCUT2D eigenvalue weighted by Crippen LogP contribution is -2.64. The summed E-state index contributed by atoms with van der Waals surface area (Å²) in [5.41, 5.74) is 2.37. The molecular weight excluding hydrogens is 1600 g/mol. The summed E-state index contributed by atoms with van der Waals surface area (Å²) in [6.45, 7) is 7.78. The molecule has 46 nitrogen and oxygen atoms in total. The van der Waals surface area contributed by atoms with E-state index < -0.39 is 185 Å². The van der Waals surface area contributed by atoms with E-state index in [1.165, 1.54) is 27.7 Å². The molecule has 0 spiro atoms. The lowest BCUT2D eigenvalue weighted by Gasteiger charge is -2.42. The predicted octanol–water partition coefficient (Wildman–Crippen LogP) is -6.16. The Morgan fingerprint density at radius 2 is 0.793 bits per heavy atom. The molecule has 8 heterocycles. The summed E-state index contributed by atoms with van der Waals surface area (Å²) in [6.07, 6.45) is -5.94. The number of ketones is 1. The number of aliphatic hydroxyl groups excluding tert-OH is 12. The standard InChI is InChI=1S/C75H127N17O29/c1-6-7-8-9-10-11-15-55(101)54(89(36-50-33-49(80-81-50)16-21-110-25-29-114-72-60(76-45(2)97)68(106)64(102)56(41-93)118-72)37-53-40-92(87-84-53)20-24-113-28-32-117-75-63(79-48(5)100)71(109)67(105)59(44-96)121-75)14-12-13-17-88(34-51-38-90(85-82-51)18-22-111-26-30-115-73-61(77-46(3)98)69(107)65(103)57(42-94)119-73)35-52-39-91(86-83-52)19-23-112-27-31-116-74-62(78-47(4)99)70(108)66(104)58(43-95)120-74/h33,38-40,49,54,56-75,93-96,102-109H,6-32,34-37,41-44H2,1-5H3,(H,76,97)(H,77,98)(H,78,99)(H,79,100)/t49?,54-,56?,57?,58?,59?,60?,61?,62?,63?,64?,65?,66?,67?,68?,69?,70?,71?,72?,73?,74?,75?/m1/s1. The number of nitrogens with zero attached hydrogens (tertiary/aromatic N) is 13. The average Bonchev–Trinajstić information content (AvgIpc) is 1.48. The molecule has 21 unspecified atom stereocenters. The van der Waals surface area contributed by atoms with E-state index in [-0.39, 0.29) is 118 Å². The van der Waals surface area contributed by atoms with Crippen molar-refractivity contribution in [1.82, 2.24) is 76.0 Å². The minimum Gasteiger partial charge on any atom is -0.394 e. The highest BCUT2D eigenvalue weighted by molar-refractivity contribution is 5.84. The van der Waals surface area contributed by atoms with Crippen LogP contribution in [0.2, 0.25) is 0 Å². The van der Waals surface area contributed by atoms with Gasteiger partial charge in [0.15, 0.2) is 25.2 Å². The van der Waals surface area contributed by atoms with E-state index in [0.717, 1.165) is 32.1 Å². The number of azo groups is 1. The van der Waals surface area contributed by atoms with Gasteiger partial charge < -0.3 is 139 Å². The van der Waals surface area contributed by atoms with Gasteiger partial charge in [0, 0.05) is 85.5 Å². The van der Waals surface area contributed by atoms with Crippen molar-refractivity contribution >= 4 is 29.4 Å². The van der Waals surface area contributed by atoms with Gasteiger partial charge in [-0.2, -0.15) is 10.2 Å². The summed E-state index contributed by atoms with van der Waals surface area (Å²) in [5.74, 6) is -1.94. The molecule has 121 heavy (non-hydrogen) atoms. The molecule has 3 aromatic rings. The Balaban J connectivity index is 0.944. The summed E-state index contributed by atoms with van der Waals surface area (Å²) < 4.78 is 74.3. The van der Waals surface area contributed by atoms with Crippen LogP contribution < -0.4 is 21.3 Å². The second-order valence-corrected chi connectivity index (χ2v) is 30.4. The van der Waals surface area contributed by atoms with E-state index in [4.69, 9.17) is 56.8 Å². The fourth-order valence-electron chi connectivity index (χ4n) is 14.5. The van der Waals surface area contributed by atoms with Crippen LogP contribution in [0, 0.1) is 0 Å². The zero-order valence-electron chi connectivity index (χ0n) is 69.4. The molecule has 4 amide bonds. The quantitative estimate of drug-likeness (QED) is 0.0234. The van der Waals surface area contributed by atoms with Gasteiger partial charge in [0.25, 0.3) is 0 Å². The smallest absolute Gasteiger partial charge is 0.217 e. The molecule has 0 aliphatic carbocycles. The van der Waals surface area contributed by atoms with Crippen molar-refractivity contribution in [2.24, 2.45) is 10.2 Å². The minimum atomic E-state index is -1.48. The number of carbonyl (C=O) groups is 5. The van der Waals surface area contributed by atoms with Crippen LogP contribution in [0.15, 0.2) is 40.6 Å². The molecule has 0 radical (unpaired) electrons. The van der Waals surface area contributed by atoms with Crippen LogP contribution in [0.1, 0.15) is 122 Å². The van der Waals surface area contributed by atoms with Gasteiger partial charge >= 0.3 is 0 Å². The van der Waals surface area contributed by atoms with Crippen molar-refractivity contribution in [2.75, 3.05) is 119 Å². The Labute approximate surface area is 700 Å². The van der Waals surface area contributed by atoms with Gasteiger partial charge in [-0.05, 0) is 38.3 Å². The molecule has 16 N–H and O–H groups in total. The molecule has 3 aromatic heterocycles. The number of Topliss-reactive ketones (excluding diaryl/α,β-unsaturated/α-hetero) is 1. The van der Waals surface area contributed by atoms with Gasteiger partial charge in [-0.3, -0.25) is 33.8 Å². The SMILES string of the molecule is CCCCCCCCC(=O)[C@@H](CCCCN(Cc1cn(CCOCCOC2OC(CO)C(O)C(O)C2NC(C)=O)nn1)Cc1cn(CCOCCOC2OC(CO)C(O)C(O)C2NC(C)=O)nn1)N(CC1=CC(CCOCCOC2OC(CO)C(O)C(O)C2NC(C)=O)N=N1)Cc1cn(CCOCCOC2OC(CO)C(O)C(O)C2NC(C)=O)nn1. The second-order valence-electron chi connectivity index (χ2n) is 30.4. The number of amides is 4. The summed E-state index contributed by atoms with van der Waals surface area (Å²) >= 11 is 0. The van der Waals surface area contributed by atoms with Gasteiger partial charge in [0.2, 0.25) is 23.6 Å². The third kappa shape index (κ3) is 32.3. The number of carbonyl (C=O) groups excluding carboxylic acids is 5. The third-order valence-corrected chi connectivity index (χ3v) is 20.8. The maximum atomic E-state index is 15.1. The molecule has 4 fully saturated rings. The van der Waals surface area contributed by atoms with Crippen LogP contribution in [-0.2, 0) is 120 Å². The van der Waals surface area contributed by atoms with Gasteiger partial charge in [-0.15, -0.1) is 15.3 Å². The Kier molecular flexibility index (Phi) is 43.6. The van der Waals surface area contributed by atoms with Gasteiger partial charge in [-0.1, -0.05) is 61.1 Å². The Hall–Kier alpha value is -6.73. The van der Waals surface area contributed by atoms with E-state index in [2.05, 4.69) is 79.2 Å². The number of rotatable bonds is 58. The van der Waals surface area contributed by atoms with Crippen molar-refractivity contribution in [3.63, 3.8) is 0 Å². The number of aliphatic hydroxyl groups is 12. The molecule has 4 saturated heterocycles. The number of ether oxygens (including phenoxy) is 12. The zero-order valence-corrected chi connectivity index (χ0v) is 69.4. The normalized spacial score (nSPS) is 28.4. The Morgan fingerprint density at radius 3 is 1.16 bits per heavy atom. The fourth-order valence-corrected chi connectivity index (χ4v) is 14.5. The monoisotopic (exact) mass is 1730 g/mol. The van der Waals surface area contributed by atoms with E-state index in [9.17, 15) is 80.5 Å². The largest absolute Gasteiger partial charge is 0.394 e. The maximum Gasteiger partial charge on any atom is 0.217 e. The van der Waals surface area contributed by atoms with Crippen LogP contribution in [0.5, 0.6) is 0 Å². The number of hydrogen-bond acceptors (Lipinski definition) is 39. The third-order valence-electron chi connectivity index (χ3n) is 20.8. The van der Waals surface area contributed by atoms with Crippen LogP contribution in [-0.4, -0.2) is 399 Å². The Morgan fingerprint density at radius 1 is 0.438 bits per heavy atom. The van der Waals surface area contributed by atoms with Crippen LogP contribution >= 0.6 is 0 Å². The number of unbranched alkanes of at least 4 members (excludes halogenated alkanes) is 6. The van der Waals surface area contributed by atoms with E-state index in [1.807, 2.05) is 6.08 Å². The molecular formula is C75H127N17O29. The molecule has 5 aliphatic rings. The first-order valence-electron chi connectivity index (χ1n) is 41.4. The number of hydrogen-bond donors (Lipinski definition) is 16. The second kappa shape index (κ2) is 52.9. The number of aromatic nitrogens is 9. The maximum absolute atomic E-state index is 15.1. The van der Waals surface area contributed by atoms with E-state index in [0.29, 0.717) is 80.9 Å². The van der Waals surface area contributed by atoms with Crippen molar-refractivity contribution in [1.29, 1.82) is 0 Å². The lowest BCUT2D eigenvalue weighted by atomic mass is 9.97. The van der Waals surface area contributed by atoms with Gasteiger partial charge in [0.05, 0.1) is 154 Å². The van der Waals surface area contributed by atoms with Crippen LogP contribution in [0.25, 0.3) is 0 Å². The van der Waals surface area contributed by atoms with E-state index >= 15 is 4.79 Å². The Bertz CT molecular complexity index is 3470. The molecule has 686 valence electrons. The first-order chi connectivity index (χ1) is 58.3. The lowest BCUT2D eigenvalue weighted by molar-refractivity contribution is -0.272. The molecule has 22 atom stereocenters. The van der Waals surface area contributed by atoms with Crippen molar-refractivity contribution in [3.05, 3.63) is 47.4 Å². The average molecular weight is 1730 g/mol. The topological polar surface area (TPSA) is 610 Å². The molecule has 0 saturated carbocycles. The first kappa shape index (κ1) is 99.7. The van der Waals surface area contributed by atoms with Gasteiger partial charge in [0.1, 0.15) is 103 Å². The fraction of sp³-hybridized carbons (Fsp3) is 0.827. The molecule has 0 aromatic carbocycles. The summed E-state index contributed by atoms with van der Waals surface area (Å²) in [5, 5.41) is 170. The summed E-state index contributed by atoms with van der Waals surface area (Å²) in [6, 6.07) is -5.53. The molecule has 5 aliphatic heterocycles. The molecule has 0 bridgehead atoms. The van der Waals surface area contributed by atoms with Crippen molar-refractivity contribution in [3.8, 4) is 0 Å². The predicted molar refractivity (Wildman–Crippen MR) is 415 cm³/mol. The first-order valence-corrected chi connectivity index (χ1v) is 41.4. The number of nitrogens with one attached hydrogen (secondary N) is 4. The molecule has 46 heteroatoms. The summed E-state index contributed by atoms with van der Waals surface area (Å²) in [7, 11) is 0. The highest BCUT2D eigenvalue weighted by Crippen LogP contribution is 2.29. The zero-order chi connectivity index (χ0) is 87.3. The van der Waals surface area contributed by atoms with Gasteiger partial charge in [-0.25, -0.2) is 14.0 Å². The highest BCUT2D eigenvalue weighted by atomic mass is 16.7. The van der Waals surface area contributed by atoms with Crippen molar-refractivity contribution < 1.29 is 142 Å². The van der Waals surface area contributed by atoms with Crippen LogP contribution in [0.4, 0.5) is 0 Å². The highest BCUT2D eigenvalue weighted by Gasteiger charge is 2.49. The summed E-state index contributed by atoms with van der Waals surface area (Å²) in [4.78, 5) is 67.2. The minimum absolute atomic E-state index is 0.0330. The van der Waals surface area contributed by atoms with Crippen molar-refractivity contribution in [2.45, 2.75) is 279 Å². The molecule has 8 rings (SSSR count). The van der Waals surface area contributed by atoms with Crippen LogP contribution in [0.3, 0.4) is 0 Å². The van der Waals surface area contributed by atoms with E-state index in [1.54, 1.807) is 32.6 Å².